The van der Waals surface area contributed by atoms with Crippen LogP contribution in [0.15, 0.2) is 23.1 Å². The standard InChI is InChI=1S/C14H24N4O2S/c1-17-7-5-11(6-8-17)10-18(2)13-4-3-12(15)9-14(13)21(16,19)20/h3-4,9,11H,5-8,10,15H2,1-2H3,(H2,16,19,20). The molecule has 0 bridgehead atoms. The lowest BCUT2D eigenvalue weighted by Gasteiger charge is -2.33. The topological polar surface area (TPSA) is 92.7 Å². The Morgan fingerprint density at radius 2 is 1.95 bits per heavy atom. The Bertz CT molecular complexity index is 595. The van der Waals surface area contributed by atoms with Crippen molar-refractivity contribution < 1.29 is 8.42 Å². The molecular weight excluding hydrogens is 288 g/mol. The highest BCUT2D eigenvalue weighted by molar-refractivity contribution is 7.89. The van der Waals surface area contributed by atoms with E-state index in [2.05, 4.69) is 11.9 Å². The van der Waals surface area contributed by atoms with Crippen LogP contribution in [0.5, 0.6) is 0 Å². The van der Waals surface area contributed by atoms with Gasteiger partial charge in [-0.3, -0.25) is 0 Å². The van der Waals surface area contributed by atoms with Crippen molar-refractivity contribution in [2.45, 2.75) is 17.7 Å². The van der Waals surface area contributed by atoms with Gasteiger partial charge in [-0.15, -0.1) is 0 Å². The van der Waals surface area contributed by atoms with Crippen LogP contribution in [0.1, 0.15) is 12.8 Å². The van der Waals surface area contributed by atoms with Crippen molar-refractivity contribution in [3.63, 3.8) is 0 Å². The quantitative estimate of drug-likeness (QED) is 0.798. The number of likely N-dealkylation sites (tertiary alicyclic amines) is 1. The first-order valence-corrected chi connectivity index (χ1v) is 8.64. The lowest BCUT2D eigenvalue weighted by atomic mass is 9.96. The van der Waals surface area contributed by atoms with Crippen LogP contribution >= 0.6 is 0 Å². The summed E-state index contributed by atoms with van der Waals surface area (Å²) in [5, 5.41) is 5.30. The zero-order valence-electron chi connectivity index (χ0n) is 12.6. The highest BCUT2D eigenvalue weighted by Gasteiger charge is 2.22. The molecule has 6 nitrogen and oxygen atoms in total. The molecule has 0 atom stereocenters. The molecule has 0 radical (unpaired) electrons. The SMILES string of the molecule is CN1CCC(CN(C)c2ccc(N)cc2S(N)(=O)=O)CC1. The smallest absolute Gasteiger partial charge is 0.240 e. The molecule has 1 saturated heterocycles. The molecule has 0 spiro atoms. The summed E-state index contributed by atoms with van der Waals surface area (Å²) in [6.45, 7) is 2.99. The van der Waals surface area contributed by atoms with E-state index in [-0.39, 0.29) is 4.90 Å². The first-order chi connectivity index (χ1) is 9.77. The van der Waals surface area contributed by atoms with E-state index in [1.54, 1.807) is 12.1 Å². The number of benzene rings is 1. The monoisotopic (exact) mass is 312 g/mol. The molecule has 0 unspecified atom stereocenters. The van der Waals surface area contributed by atoms with Crippen molar-refractivity contribution in [3.05, 3.63) is 18.2 Å². The van der Waals surface area contributed by atoms with Crippen molar-refractivity contribution >= 4 is 21.4 Å². The maximum atomic E-state index is 11.7. The van der Waals surface area contributed by atoms with Gasteiger partial charge in [0.25, 0.3) is 0 Å². The normalized spacial score (nSPS) is 17.9. The highest BCUT2D eigenvalue weighted by Crippen LogP contribution is 2.28. The zero-order valence-corrected chi connectivity index (χ0v) is 13.4. The Morgan fingerprint density at radius 1 is 1.33 bits per heavy atom. The van der Waals surface area contributed by atoms with Gasteiger partial charge in [0, 0.05) is 19.3 Å². The minimum atomic E-state index is -3.78. The Labute approximate surface area is 126 Å². The van der Waals surface area contributed by atoms with Gasteiger partial charge in [0.2, 0.25) is 10.0 Å². The van der Waals surface area contributed by atoms with Crippen LogP contribution in [0.4, 0.5) is 11.4 Å². The fourth-order valence-electron chi connectivity index (χ4n) is 2.80. The van der Waals surface area contributed by atoms with Crippen molar-refractivity contribution in [2.75, 3.05) is 44.4 Å². The maximum Gasteiger partial charge on any atom is 0.240 e. The predicted molar refractivity (Wildman–Crippen MR) is 85.7 cm³/mol. The lowest BCUT2D eigenvalue weighted by molar-refractivity contribution is 0.222. The van der Waals surface area contributed by atoms with E-state index in [0.717, 1.165) is 32.5 Å². The number of hydrogen-bond acceptors (Lipinski definition) is 5. The molecule has 0 amide bonds. The van der Waals surface area contributed by atoms with E-state index in [0.29, 0.717) is 17.3 Å². The summed E-state index contributed by atoms with van der Waals surface area (Å²) in [5.41, 5.74) is 6.69. The molecule has 7 heteroatoms. The van der Waals surface area contributed by atoms with E-state index < -0.39 is 10.0 Å². The number of sulfonamides is 1. The molecule has 0 aromatic heterocycles. The number of nitrogens with two attached hydrogens (primary N) is 2. The third-order valence-corrected chi connectivity index (χ3v) is 5.01. The summed E-state index contributed by atoms with van der Waals surface area (Å²) < 4.78 is 23.5. The van der Waals surface area contributed by atoms with Gasteiger partial charge < -0.3 is 15.5 Å². The number of hydrogen-bond donors (Lipinski definition) is 2. The van der Waals surface area contributed by atoms with Gasteiger partial charge in [-0.1, -0.05) is 0 Å². The Hall–Kier alpha value is -1.31. The summed E-state index contributed by atoms with van der Waals surface area (Å²) >= 11 is 0. The largest absolute Gasteiger partial charge is 0.399 e. The minimum Gasteiger partial charge on any atom is -0.399 e. The van der Waals surface area contributed by atoms with Crippen LogP contribution in [0.2, 0.25) is 0 Å². The number of rotatable bonds is 4. The molecule has 0 saturated carbocycles. The fourth-order valence-corrected chi connectivity index (χ4v) is 3.62. The van der Waals surface area contributed by atoms with Crippen molar-refractivity contribution in [1.82, 2.24) is 4.90 Å². The van der Waals surface area contributed by atoms with Gasteiger partial charge in [0.1, 0.15) is 4.90 Å². The van der Waals surface area contributed by atoms with Gasteiger partial charge in [0.05, 0.1) is 5.69 Å². The molecule has 4 N–H and O–H groups in total. The predicted octanol–water partition coefficient (Wildman–Crippen LogP) is 0.694. The molecule has 0 aliphatic carbocycles. The van der Waals surface area contributed by atoms with E-state index in [1.165, 1.54) is 6.07 Å². The van der Waals surface area contributed by atoms with Crippen molar-refractivity contribution in [3.8, 4) is 0 Å². The molecule has 1 aliphatic heterocycles. The second-order valence-electron chi connectivity index (χ2n) is 5.90. The van der Waals surface area contributed by atoms with Crippen LogP contribution in [0.25, 0.3) is 0 Å². The highest BCUT2D eigenvalue weighted by atomic mass is 32.2. The van der Waals surface area contributed by atoms with Gasteiger partial charge in [-0.2, -0.15) is 0 Å². The molecule has 1 aliphatic rings. The Balaban J connectivity index is 2.17. The average molecular weight is 312 g/mol. The zero-order chi connectivity index (χ0) is 15.6. The number of anilines is 2. The molecule has 1 aromatic rings. The maximum absolute atomic E-state index is 11.7. The summed E-state index contributed by atoms with van der Waals surface area (Å²) in [6, 6.07) is 4.86. The minimum absolute atomic E-state index is 0.0953. The molecule has 1 aromatic carbocycles. The molecular formula is C14H24N4O2S. The molecule has 1 heterocycles. The summed E-state index contributed by atoms with van der Waals surface area (Å²) in [6.07, 6.45) is 2.25. The summed E-state index contributed by atoms with van der Waals surface area (Å²) in [4.78, 5) is 4.38. The van der Waals surface area contributed by atoms with Gasteiger partial charge in [-0.05, 0) is 57.1 Å². The van der Waals surface area contributed by atoms with Gasteiger partial charge in [-0.25, -0.2) is 13.6 Å². The van der Waals surface area contributed by atoms with Gasteiger partial charge in [0.15, 0.2) is 0 Å². The van der Waals surface area contributed by atoms with E-state index in [1.807, 2.05) is 11.9 Å². The summed E-state index contributed by atoms with van der Waals surface area (Å²) in [5.74, 6) is 0.567. The first-order valence-electron chi connectivity index (χ1n) is 7.09. The molecule has 1 fully saturated rings. The van der Waals surface area contributed by atoms with E-state index in [9.17, 15) is 8.42 Å². The Kier molecular flexibility index (Phi) is 4.75. The molecule has 118 valence electrons. The first kappa shape index (κ1) is 16.1. The second kappa shape index (κ2) is 6.21. The van der Waals surface area contributed by atoms with Crippen molar-refractivity contribution in [2.24, 2.45) is 11.1 Å². The second-order valence-corrected chi connectivity index (χ2v) is 7.43. The number of nitrogen functional groups attached to an aromatic ring is 1. The summed E-state index contributed by atoms with van der Waals surface area (Å²) in [7, 11) is 0.245. The number of piperidine rings is 1. The average Bonchev–Trinajstić information content (AvgIpc) is 2.40. The van der Waals surface area contributed by atoms with Gasteiger partial charge >= 0.3 is 0 Å². The Morgan fingerprint density at radius 3 is 2.52 bits per heavy atom. The third kappa shape index (κ3) is 4.09. The number of nitrogens with zero attached hydrogens (tertiary/aromatic N) is 2. The van der Waals surface area contributed by atoms with Crippen LogP contribution in [-0.4, -0.2) is 47.0 Å². The lowest BCUT2D eigenvalue weighted by Crippen LogP contribution is -2.36. The number of primary sulfonamides is 1. The van der Waals surface area contributed by atoms with Crippen molar-refractivity contribution in [1.29, 1.82) is 0 Å². The third-order valence-electron chi connectivity index (χ3n) is 4.07. The fraction of sp³-hybridized carbons (Fsp3) is 0.571. The van der Waals surface area contributed by atoms with E-state index in [4.69, 9.17) is 10.9 Å². The van der Waals surface area contributed by atoms with Crippen LogP contribution in [0.3, 0.4) is 0 Å². The molecule has 21 heavy (non-hydrogen) atoms. The molecule has 2 rings (SSSR count). The van der Waals surface area contributed by atoms with Crippen LogP contribution in [0, 0.1) is 5.92 Å². The van der Waals surface area contributed by atoms with Crippen LogP contribution < -0.4 is 15.8 Å². The van der Waals surface area contributed by atoms with Crippen LogP contribution in [-0.2, 0) is 10.0 Å². The van der Waals surface area contributed by atoms with E-state index >= 15 is 0 Å².